The predicted molar refractivity (Wildman–Crippen MR) is 51.3 cm³/mol. The maximum Gasteiger partial charge on any atom is 0.174 e. The monoisotopic (exact) mass is 196 g/mol. The van der Waals surface area contributed by atoms with Crippen molar-refractivity contribution in [3.63, 3.8) is 0 Å². The van der Waals surface area contributed by atoms with Gasteiger partial charge in [-0.25, -0.2) is 0 Å². The Balaban J connectivity index is 3.22. The fourth-order valence-electron chi connectivity index (χ4n) is 1.21. The molecule has 0 aromatic heterocycles. The minimum atomic E-state index is -0.129. The highest BCUT2D eigenvalue weighted by atomic mass is 16.5. The summed E-state index contributed by atoms with van der Waals surface area (Å²) >= 11 is 0. The Hall–Kier alpha value is -1.75. The SMILES string of the molecule is COCc1cccc(O)c1/C(N)=N\O. The molecule has 76 valence electrons. The summed E-state index contributed by atoms with van der Waals surface area (Å²) in [5, 5.41) is 20.8. The number of rotatable bonds is 3. The van der Waals surface area contributed by atoms with Gasteiger partial charge in [0.25, 0.3) is 0 Å². The lowest BCUT2D eigenvalue weighted by Gasteiger charge is -2.08. The number of aromatic hydroxyl groups is 1. The van der Waals surface area contributed by atoms with Gasteiger partial charge in [-0.2, -0.15) is 0 Å². The van der Waals surface area contributed by atoms with Crippen LogP contribution in [0.3, 0.4) is 0 Å². The molecule has 1 aromatic rings. The molecule has 0 heterocycles. The molecule has 4 N–H and O–H groups in total. The second kappa shape index (κ2) is 4.48. The first-order valence-corrected chi connectivity index (χ1v) is 3.98. The molecule has 0 spiro atoms. The van der Waals surface area contributed by atoms with Crippen LogP contribution in [0.25, 0.3) is 0 Å². The van der Waals surface area contributed by atoms with E-state index in [1.807, 2.05) is 0 Å². The zero-order valence-corrected chi connectivity index (χ0v) is 7.77. The average molecular weight is 196 g/mol. The van der Waals surface area contributed by atoms with Gasteiger partial charge < -0.3 is 20.8 Å². The Morgan fingerprint density at radius 2 is 2.29 bits per heavy atom. The highest BCUT2D eigenvalue weighted by Gasteiger charge is 2.11. The quantitative estimate of drug-likeness (QED) is 0.286. The van der Waals surface area contributed by atoms with Crippen LogP contribution in [0, 0.1) is 0 Å². The number of phenolic OH excluding ortho intramolecular Hbond substituents is 1. The van der Waals surface area contributed by atoms with Gasteiger partial charge in [-0.05, 0) is 11.6 Å². The highest BCUT2D eigenvalue weighted by Crippen LogP contribution is 2.21. The summed E-state index contributed by atoms with van der Waals surface area (Å²) < 4.78 is 4.91. The molecule has 0 saturated carbocycles. The molecule has 1 rings (SSSR count). The minimum Gasteiger partial charge on any atom is -0.507 e. The number of nitrogens with two attached hydrogens (primary N) is 1. The Kier molecular flexibility index (Phi) is 3.30. The zero-order chi connectivity index (χ0) is 10.6. The van der Waals surface area contributed by atoms with Crippen molar-refractivity contribution in [2.45, 2.75) is 6.61 Å². The number of phenols is 1. The van der Waals surface area contributed by atoms with E-state index in [9.17, 15) is 5.11 Å². The smallest absolute Gasteiger partial charge is 0.174 e. The van der Waals surface area contributed by atoms with Crippen molar-refractivity contribution in [2.75, 3.05) is 7.11 Å². The van der Waals surface area contributed by atoms with Crippen molar-refractivity contribution < 1.29 is 15.1 Å². The molecular formula is C9H12N2O3. The minimum absolute atomic E-state index is 0.0325. The van der Waals surface area contributed by atoms with Crippen LogP contribution >= 0.6 is 0 Å². The van der Waals surface area contributed by atoms with Gasteiger partial charge in [0.05, 0.1) is 12.2 Å². The second-order valence-corrected chi connectivity index (χ2v) is 2.73. The molecule has 0 aliphatic rings. The molecule has 5 nitrogen and oxygen atoms in total. The van der Waals surface area contributed by atoms with Crippen molar-refractivity contribution in [3.8, 4) is 5.75 Å². The van der Waals surface area contributed by atoms with Gasteiger partial charge in [-0.1, -0.05) is 17.3 Å². The normalized spacial score (nSPS) is 11.6. The molecule has 0 bridgehead atoms. The average Bonchev–Trinajstić information content (AvgIpc) is 2.18. The molecule has 14 heavy (non-hydrogen) atoms. The summed E-state index contributed by atoms with van der Waals surface area (Å²) in [6, 6.07) is 4.86. The first kappa shape index (κ1) is 10.3. The number of methoxy groups -OCH3 is 1. The lowest BCUT2D eigenvalue weighted by atomic mass is 10.1. The lowest BCUT2D eigenvalue weighted by Crippen LogP contribution is -2.16. The Bertz CT molecular complexity index is 350. The van der Waals surface area contributed by atoms with Crippen LogP contribution in [0.15, 0.2) is 23.4 Å². The van der Waals surface area contributed by atoms with Crippen LogP contribution in [-0.4, -0.2) is 23.3 Å². The molecular weight excluding hydrogens is 184 g/mol. The number of oxime groups is 1. The van der Waals surface area contributed by atoms with Gasteiger partial charge in [-0.3, -0.25) is 0 Å². The van der Waals surface area contributed by atoms with Crippen molar-refractivity contribution in [2.24, 2.45) is 10.9 Å². The summed E-state index contributed by atoms with van der Waals surface area (Å²) in [6.07, 6.45) is 0. The lowest BCUT2D eigenvalue weighted by molar-refractivity contribution is 0.184. The fourth-order valence-corrected chi connectivity index (χ4v) is 1.21. The van der Waals surface area contributed by atoms with E-state index in [-0.39, 0.29) is 11.6 Å². The van der Waals surface area contributed by atoms with Gasteiger partial charge in [0, 0.05) is 7.11 Å². The summed E-state index contributed by atoms with van der Waals surface area (Å²) in [5.41, 5.74) is 6.38. The zero-order valence-electron chi connectivity index (χ0n) is 7.77. The standard InChI is InChI=1S/C9H12N2O3/c1-14-5-6-3-2-4-7(12)8(6)9(10)11-13/h2-4,12-13H,5H2,1H3,(H2,10,11). The number of hydrogen-bond acceptors (Lipinski definition) is 4. The summed E-state index contributed by atoms with van der Waals surface area (Å²) in [7, 11) is 1.53. The van der Waals surface area contributed by atoms with Gasteiger partial charge in [0.15, 0.2) is 5.84 Å². The summed E-state index contributed by atoms with van der Waals surface area (Å²) in [5.74, 6) is -0.162. The number of ether oxygens (including phenoxy) is 1. The summed E-state index contributed by atoms with van der Waals surface area (Å²) in [4.78, 5) is 0. The van der Waals surface area contributed by atoms with Crippen molar-refractivity contribution in [1.82, 2.24) is 0 Å². The van der Waals surface area contributed by atoms with E-state index in [2.05, 4.69) is 5.16 Å². The van der Waals surface area contributed by atoms with Crippen molar-refractivity contribution in [1.29, 1.82) is 0 Å². The number of nitrogens with zero attached hydrogens (tertiary/aromatic N) is 1. The largest absolute Gasteiger partial charge is 0.507 e. The molecule has 0 saturated heterocycles. The first-order chi connectivity index (χ1) is 6.70. The van der Waals surface area contributed by atoms with E-state index in [0.717, 1.165) is 0 Å². The third-order valence-electron chi connectivity index (χ3n) is 1.79. The maximum atomic E-state index is 9.49. The second-order valence-electron chi connectivity index (χ2n) is 2.73. The van der Waals surface area contributed by atoms with Crippen molar-refractivity contribution >= 4 is 5.84 Å². The Morgan fingerprint density at radius 1 is 1.57 bits per heavy atom. The van der Waals surface area contributed by atoms with Gasteiger partial charge in [0.1, 0.15) is 5.75 Å². The summed E-state index contributed by atoms with van der Waals surface area (Å²) in [6.45, 7) is 0.292. The van der Waals surface area contributed by atoms with Crippen LogP contribution in [-0.2, 0) is 11.3 Å². The van der Waals surface area contributed by atoms with Crippen LogP contribution in [0.2, 0.25) is 0 Å². The van der Waals surface area contributed by atoms with E-state index in [1.165, 1.54) is 13.2 Å². The topological polar surface area (TPSA) is 88.1 Å². The fraction of sp³-hybridized carbons (Fsp3) is 0.222. The molecule has 0 fully saturated rings. The number of benzene rings is 1. The van der Waals surface area contributed by atoms with Crippen LogP contribution in [0.1, 0.15) is 11.1 Å². The van der Waals surface area contributed by atoms with Gasteiger partial charge in [-0.15, -0.1) is 0 Å². The van der Waals surface area contributed by atoms with E-state index in [0.29, 0.717) is 17.7 Å². The van der Waals surface area contributed by atoms with Crippen LogP contribution < -0.4 is 5.73 Å². The van der Waals surface area contributed by atoms with E-state index < -0.39 is 0 Å². The van der Waals surface area contributed by atoms with Gasteiger partial charge in [0.2, 0.25) is 0 Å². The molecule has 0 amide bonds. The van der Waals surface area contributed by atoms with Crippen molar-refractivity contribution in [3.05, 3.63) is 29.3 Å². The van der Waals surface area contributed by atoms with Crippen LogP contribution in [0.5, 0.6) is 5.75 Å². The predicted octanol–water partition coefficient (Wildman–Crippen LogP) is 0.633. The first-order valence-electron chi connectivity index (χ1n) is 3.98. The highest BCUT2D eigenvalue weighted by molar-refractivity contribution is 6.00. The maximum absolute atomic E-state index is 9.49. The third kappa shape index (κ3) is 1.94. The molecule has 5 heteroatoms. The molecule has 0 atom stereocenters. The number of amidine groups is 1. The van der Waals surface area contributed by atoms with E-state index in [4.69, 9.17) is 15.7 Å². The Morgan fingerprint density at radius 3 is 2.86 bits per heavy atom. The molecule has 0 aliphatic carbocycles. The number of hydrogen-bond donors (Lipinski definition) is 3. The molecule has 0 unspecified atom stereocenters. The third-order valence-corrected chi connectivity index (χ3v) is 1.79. The van der Waals surface area contributed by atoms with Gasteiger partial charge >= 0.3 is 0 Å². The van der Waals surface area contributed by atoms with E-state index >= 15 is 0 Å². The Labute approximate surface area is 81.4 Å². The van der Waals surface area contributed by atoms with Crippen LogP contribution in [0.4, 0.5) is 0 Å². The molecule has 0 radical (unpaired) electrons. The molecule has 1 aromatic carbocycles. The molecule has 0 aliphatic heterocycles. The van der Waals surface area contributed by atoms with E-state index in [1.54, 1.807) is 12.1 Å².